The first kappa shape index (κ1) is 14.7. The fourth-order valence-corrected chi connectivity index (χ4v) is 2.28. The summed E-state index contributed by atoms with van der Waals surface area (Å²) in [6.07, 6.45) is 0.474. The van der Waals surface area contributed by atoms with Crippen LogP contribution in [0.25, 0.3) is 0 Å². The van der Waals surface area contributed by atoms with Gasteiger partial charge in [0.2, 0.25) is 5.91 Å². The largest absolute Gasteiger partial charge is 0.444 e. The van der Waals surface area contributed by atoms with Crippen LogP contribution >= 0.6 is 11.6 Å². The molecule has 6 heteroatoms. The number of cyclic esters (lactones) is 1. The van der Waals surface area contributed by atoms with Crippen LogP contribution in [-0.2, 0) is 16.0 Å². The first-order valence-electron chi connectivity index (χ1n) is 6.47. The van der Waals surface area contributed by atoms with Crippen LogP contribution in [0.3, 0.4) is 0 Å². The van der Waals surface area contributed by atoms with Crippen LogP contribution < -0.4 is 5.32 Å². The summed E-state index contributed by atoms with van der Waals surface area (Å²) in [6, 6.07) is 7.22. The molecule has 20 heavy (non-hydrogen) atoms. The lowest BCUT2D eigenvalue weighted by atomic mass is 10.1. The van der Waals surface area contributed by atoms with E-state index in [2.05, 4.69) is 5.32 Å². The van der Waals surface area contributed by atoms with Gasteiger partial charge in [-0.1, -0.05) is 23.7 Å². The van der Waals surface area contributed by atoms with Crippen molar-refractivity contribution in [3.8, 4) is 0 Å². The van der Waals surface area contributed by atoms with E-state index in [4.69, 9.17) is 16.3 Å². The fourth-order valence-electron chi connectivity index (χ4n) is 2.07. The van der Waals surface area contributed by atoms with Crippen LogP contribution in [0.2, 0.25) is 5.02 Å². The van der Waals surface area contributed by atoms with E-state index in [-0.39, 0.29) is 18.1 Å². The van der Waals surface area contributed by atoms with E-state index < -0.39 is 0 Å². The molecule has 0 aromatic heterocycles. The zero-order valence-corrected chi connectivity index (χ0v) is 12.0. The van der Waals surface area contributed by atoms with Crippen molar-refractivity contribution in [2.75, 3.05) is 20.1 Å². The highest BCUT2D eigenvalue weighted by Gasteiger charge is 2.27. The van der Waals surface area contributed by atoms with Crippen molar-refractivity contribution >= 4 is 23.6 Å². The maximum atomic E-state index is 11.8. The maximum Gasteiger partial charge on any atom is 0.409 e. The van der Waals surface area contributed by atoms with Gasteiger partial charge in [-0.25, -0.2) is 4.79 Å². The molecular formula is C14H17ClN2O3. The van der Waals surface area contributed by atoms with Crippen molar-refractivity contribution in [3.63, 3.8) is 0 Å². The van der Waals surface area contributed by atoms with Gasteiger partial charge in [0.25, 0.3) is 0 Å². The van der Waals surface area contributed by atoms with Crippen molar-refractivity contribution in [1.29, 1.82) is 0 Å². The zero-order chi connectivity index (χ0) is 14.5. The minimum Gasteiger partial charge on any atom is -0.444 e. The Hall–Kier alpha value is -1.75. The van der Waals surface area contributed by atoms with Crippen LogP contribution in [0.15, 0.2) is 24.3 Å². The molecule has 2 rings (SSSR count). The molecule has 1 heterocycles. The van der Waals surface area contributed by atoms with Gasteiger partial charge < -0.3 is 15.0 Å². The lowest BCUT2D eigenvalue weighted by molar-refractivity contribution is -0.120. The summed E-state index contributed by atoms with van der Waals surface area (Å²) in [5, 5.41) is 3.44. The zero-order valence-electron chi connectivity index (χ0n) is 11.3. The average molecular weight is 297 g/mol. The number of ether oxygens (including phenoxy) is 1. The molecule has 1 aliphatic heterocycles. The molecule has 2 amide bonds. The summed E-state index contributed by atoms with van der Waals surface area (Å²) >= 11 is 5.86. The molecule has 0 spiro atoms. The van der Waals surface area contributed by atoms with Gasteiger partial charge in [0, 0.05) is 25.0 Å². The molecule has 0 radical (unpaired) electrons. The van der Waals surface area contributed by atoms with E-state index in [0.717, 1.165) is 5.56 Å². The molecule has 5 nitrogen and oxygen atoms in total. The van der Waals surface area contributed by atoms with E-state index in [9.17, 15) is 9.59 Å². The summed E-state index contributed by atoms with van der Waals surface area (Å²) in [7, 11) is 1.69. The van der Waals surface area contributed by atoms with Crippen LogP contribution in [0.5, 0.6) is 0 Å². The average Bonchev–Trinajstić information content (AvgIpc) is 2.68. The minimum absolute atomic E-state index is 0.0649. The monoisotopic (exact) mass is 296 g/mol. The van der Waals surface area contributed by atoms with Gasteiger partial charge in [0.15, 0.2) is 0 Å². The maximum absolute atomic E-state index is 11.8. The Kier molecular flexibility index (Phi) is 4.84. The molecule has 1 unspecified atom stereocenters. The second-order valence-electron chi connectivity index (χ2n) is 4.83. The number of carbonyl (C=O) groups excluding carboxylic acids is 2. The van der Waals surface area contributed by atoms with E-state index in [0.29, 0.717) is 31.0 Å². The third-order valence-corrected chi connectivity index (χ3v) is 3.33. The molecule has 0 saturated carbocycles. The topological polar surface area (TPSA) is 58.6 Å². The smallest absolute Gasteiger partial charge is 0.409 e. The van der Waals surface area contributed by atoms with Crippen molar-refractivity contribution in [1.82, 2.24) is 10.2 Å². The minimum atomic E-state index is -0.305. The predicted octanol–water partition coefficient (Wildman–Crippen LogP) is 1.84. The molecule has 1 aliphatic rings. The molecule has 1 aromatic carbocycles. The van der Waals surface area contributed by atoms with E-state index in [1.54, 1.807) is 19.2 Å². The molecule has 0 bridgehead atoms. The molecule has 0 aliphatic carbocycles. The van der Waals surface area contributed by atoms with E-state index in [1.807, 2.05) is 12.1 Å². The van der Waals surface area contributed by atoms with Gasteiger partial charge >= 0.3 is 6.09 Å². The van der Waals surface area contributed by atoms with Crippen LogP contribution in [0.1, 0.15) is 12.0 Å². The van der Waals surface area contributed by atoms with Crippen molar-refractivity contribution < 1.29 is 14.3 Å². The van der Waals surface area contributed by atoms with Crippen LogP contribution in [-0.4, -0.2) is 43.1 Å². The number of hydrogen-bond acceptors (Lipinski definition) is 3. The number of halogens is 1. The highest BCUT2D eigenvalue weighted by molar-refractivity contribution is 6.30. The third-order valence-electron chi connectivity index (χ3n) is 3.10. The normalized spacial score (nSPS) is 18.0. The quantitative estimate of drug-likeness (QED) is 0.902. The number of nitrogens with zero attached hydrogens (tertiary/aromatic N) is 1. The molecule has 108 valence electrons. The number of carbonyl (C=O) groups is 2. The Morgan fingerprint density at radius 3 is 3.00 bits per heavy atom. The molecule has 1 aromatic rings. The summed E-state index contributed by atoms with van der Waals surface area (Å²) in [6.45, 7) is 1.06. The Bertz CT molecular complexity index is 507. The summed E-state index contributed by atoms with van der Waals surface area (Å²) in [4.78, 5) is 24.4. The second-order valence-corrected chi connectivity index (χ2v) is 5.27. The lowest BCUT2D eigenvalue weighted by Crippen LogP contribution is -2.29. The summed E-state index contributed by atoms with van der Waals surface area (Å²) in [5.74, 6) is -0.0649. The molecule has 1 atom stereocenters. The van der Waals surface area contributed by atoms with Crippen LogP contribution in [0, 0.1) is 0 Å². The predicted molar refractivity (Wildman–Crippen MR) is 75.7 cm³/mol. The van der Waals surface area contributed by atoms with Gasteiger partial charge in [0.1, 0.15) is 6.10 Å². The highest BCUT2D eigenvalue weighted by atomic mass is 35.5. The summed E-state index contributed by atoms with van der Waals surface area (Å²) in [5.41, 5.74) is 0.877. The standard InChI is InChI=1S/C14H17ClN2O3/c1-17-9-12(20-14(17)19)5-6-16-13(18)8-10-3-2-4-11(15)7-10/h2-4,7,12H,5-6,8-9H2,1H3,(H,16,18). The van der Waals surface area contributed by atoms with E-state index in [1.165, 1.54) is 4.90 Å². The van der Waals surface area contributed by atoms with Crippen molar-refractivity contribution in [3.05, 3.63) is 34.9 Å². The number of amides is 2. The number of hydrogen-bond donors (Lipinski definition) is 1. The van der Waals surface area contributed by atoms with Gasteiger partial charge in [0.05, 0.1) is 13.0 Å². The lowest BCUT2D eigenvalue weighted by Gasteiger charge is -2.09. The van der Waals surface area contributed by atoms with Gasteiger partial charge in [-0.05, 0) is 17.7 Å². The van der Waals surface area contributed by atoms with Gasteiger partial charge in [-0.2, -0.15) is 0 Å². The molecule has 1 saturated heterocycles. The fraction of sp³-hybridized carbons (Fsp3) is 0.429. The van der Waals surface area contributed by atoms with Gasteiger partial charge in [-0.3, -0.25) is 4.79 Å². The number of nitrogens with one attached hydrogen (secondary N) is 1. The Labute approximate surface area is 122 Å². The number of rotatable bonds is 5. The molecular weight excluding hydrogens is 280 g/mol. The molecule has 1 fully saturated rings. The van der Waals surface area contributed by atoms with Crippen molar-refractivity contribution in [2.24, 2.45) is 0 Å². The number of likely N-dealkylation sites (N-methyl/N-ethyl adjacent to an activating group) is 1. The molecule has 1 N–H and O–H groups in total. The summed E-state index contributed by atoms with van der Waals surface area (Å²) < 4.78 is 5.11. The first-order chi connectivity index (χ1) is 9.54. The Morgan fingerprint density at radius 2 is 2.35 bits per heavy atom. The SMILES string of the molecule is CN1CC(CCNC(=O)Cc2cccc(Cl)c2)OC1=O. The Morgan fingerprint density at radius 1 is 1.55 bits per heavy atom. The Balaban J connectivity index is 1.69. The third kappa shape index (κ3) is 4.13. The van der Waals surface area contributed by atoms with Crippen molar-refractivity contribution in [2.45, 2.75) is 18.9 Å². The highest BCUT2D eigenvalue weighted by Crippen LogP contribution is 2.12. The first-order valence-corrected chi connectivity index (χ1v) is 6.85. The van der Waals surface area contributed by atoms with Crippen LogP contribution in [0.4, 0.5) is 4.79 Å². The second kappa shape index (κ2) is 6.61. The number of benzene rings is 1. The van der Waals surface area contributed by atoms with E-state index >= 15 is 0 Å². The van der Waals surface area contributed by atoms with Gasteiger partial charge in [-0.15, -0.1) is 0 Å².